The number of ether oxygens (including phenoxy) is 6. The standard InChI is InChI=1S/C11H21Br3O6/c1-11(2-15-8-18-5-12,3-16-9-19-6-13)4-17-10-20-7-14/h2-10H2,1H3. The number of hydrogen-bond acceptors (Lipinski definition) is 6. The number of hydrogen-bond donors (Lipinski definition) is 0. The molecule has 0 aliphatic rings. The van der Waals surface area contributed by atoms with Gasteiger partial charge in [-0.3, -0.25) is 0 Å². The van der Waals surface area contributed by atoms with Crippen molar-refractivity contribution in [3.8, 4) is 0 Å². The Morgan fingerprint density at radius 1 is 0.600 bits per heavy atom. The molecule has 0 saturated carbocycles. The van der Waals surface area contributed by atoms with Crippen LogP contribution in [0.2, 0.25) is 0 Å². The summed E-state index contributed by atoms with van der Waals surface area (Å²) in [5, 5.41) is 0. The van der Waals surface area contributed by atoms with Crippen molar-refractivity contribution in [2.24, 2.45) is 5.41 Å². The lowest BCUT2D eigenvalue weighted by atomic mass is 9.94. The van der Waals surface area contributed by atoms with Crippen LogP contribution >= 0.6 is 47.8 Å². The highest BCUT2D eigenvalue weighted by atomic mass is 79.9. The molecule has 0 aromatic carbocycles. The van der Waals surface area contributed by atoms with Crippen LogP contribution in [-0.4, -0.2) is 56.7 Å². The van der Waals surface area contributed by atoms with Crippen molar-refractivity contribution in [2.75, 3.05) is 56.7 Å². The predicted molar refractivity (Wildman–Crippen MR) is 85.2 cm³/mol. The first kappa shape index (κ1) is 21.2. The zero-order valence-corrected chi connectivity index (χ0v) is 16.2. The van der Waals surface area contributed by atoms with Crippen LogP contribution in [0.15, 0.2) is 0 Å². The molecule has 9 heteroatoms. The fraction of sp³-hybridized carbons (Fsp3) is 1.00. The fourth-order valence-electron chi connectivity index (χ4n) is 1.26. The molecule has 0 N–H and O–H groups in total. The Balaban J connectivity index is 3.98. The topological polar surface area (TPSA) is 55.4 Å². The summed E-state index contributed by atoms with van der Waals surface area (Å²) in [6.07, 6.45) is 0. The molecule has 0 fully saturated rings. The van der Waals surface area contributed by atoms with Crippen molar-refractivity contribution >= 4 is 47.8 Å². The Hall–Kier alpha value is 1.20. The van der Waals surface area contributed by atoms with E-state index in [9.17, 15) is 0 Å². The van der Waals surface area contributed by atoms with E-state index in [2.05, 4.69) is 47.8 Å². The summed E-state index contributed by atoms with van der Waals surface area (Å²) in [6, 6.07) is 0. The first-order valence-electron chi connectivity index (χ1n) is 5.83. The number of halogens is 3. The van der Waals surface area contributed by atoms with Crippen molar-refractivity contribution in [3.63, 3.8) is 0 Å². The average molecular weight is 489 g/mol. The molecular weight excluding hydrogens is 468 g/mol. The Morgan fingerprint density at radius 2 is 0.900 bits per heavy atom. The van der Waals surface area contributed by atoms with E-state index >= 15 is 0 Å². The average Bonchev–Trinajstić information content (AvgIpc) is 2.45. The van der Waals surface area contributed by atoms with Gasteiger partial charge in [0.15, 0.2) is 0 Å². The van der Waals surface area contributed by atoms with Gasteiger partial charge in [0.25, 0.3) is 0 Å². The molecule has 0 saturated heterocycles. The molecule has 0 rings (SSSR count). The highest BCUT2D eigenvalue weighted by Crippen LogP contribution is 2.18. The molecular formula is C11H21Br3O6. The summed E-state index contributed by atoms with van der Waals surface area (Å²) in [5.74, 6) is 0. The van der Waals surface area contributed by atoms with E-state index < -0.39 is 0 Å². The summed E-state index contributed by atoms with van der Waals surface area (Å²) in [4.78, 5) is 0. The maximum absolute atomic E-state index is 5.44. The third-order valence-electron chi connectivity index (χ3n) is 2.08. The second-order valence-corrected chi connectivity index (χ2v) is 5.52. The summed E-state index contributed by atoms with van der Waals surface area (Å²) >= 11 is 9.46. The van der Waals surface area contributed by atoms with E-state index in [0.717, 1.165) is 0 Å². The maximum atomic E-state index is 5.44. The van der Waals surface area contributed by atoms with Gasteiger partial charge in [0, 0.05) is 5.41 Å². The summed E-state index contributed by atoms with van der Waals surface area (Å²) in [7, 11) is 0. The van der Waals surface area contributed by atoms with Gasteiger partial charge in [-0.05, 0) is 0 Å². The summed E-state index contributed by atoms with van der Waals surface area (Å²) in [6.45, 7) is 4.00. The summed E-state index contributed by atoms with van der Waals surface area (Å²) < 4.78 is 31.5. The van der Waals surface area contributed by atoms with Crippen molar-refractivity contribution in [1.82, 2.24) is 0 Å². The molecule has 0 aliphatic carbocycles. The van der Waals surface area contributed by atoms with E-state index in [0.29, 0.717) is 36.4 Å². The predicted octanol–water partition coefficient (Wildman–Crippen LogP) is 3.02. The Labute approximate surface area is 145 Å². The van der Waals surface area contributed by atoms with E-state index in [4.69, 9.17) is 28.4 Å². The SMILES string of the molecule is CC(COCOCBr)(COCOCBr)COCOCBr. The highest BCUT2D eigenvalue weighted by molar-refractivity contribution is 9.09. The first-order valence-corrected chi connectivity index (χ1v) is 9.19. The van der Waals surface area contributed by atoms with Crippen LogP contribution in [0.4, 0.5) is 0 Å². The van der Waals surface area contributed by atoms with Crippen LogP contribution in [0.3, 0.4) is 0 Å². The minimum Gasteiger partial charge on any atom is -0.355 e. The monoisotopic (exact) mass is 486 g/mol. The highest BCUT2D eigenvalue weighted by Gasteiger charge is 2.26. The lowest BCUT2D eigenvalue weighted by Crippen LogP contribution is -2.35. The normalized spacial score (nSPS) is 12.0. The van der Waals surface area contributed by atoms with Crippen LogP contribution < -0.4 is 0 Å². The molecule has 0 spiro atoms. The van der Waals surface area contributed by atoms with Gasteiger partial charge in [-0.1, -0.05) is 54.7 Å². The molecule has 6 nitrogen and oxygen atoms in total. The number of rotatable bonds is 15. The van der Waals surface area contributed by atoms with Crippen LogP contribution in [0, 0.1) is 5.41 Å². The third kappa shape index (κ3) is 12.9. The minimum absolute atomic E-state index is 0.219. The van der Waals surface area contributed by atoms with Gasteiger partial charge in [0.2, 0.25) is 0 Å². The van der Waals surface area contributed by atoms with Gasteiger partial charge in [-0.25, -0.2) is 0 Å². The fourth-order valence-corrected chi connectivity index (χ4v) is 1.66. The van der Waals surface area contributed by atoms with E-state index in [1.165, 1.54) is 0 Å². The third-order valence-corrected chi connectivity index (χ3v) is 3.05. The van der Waals surface area contributed by atoms with Crippen molar-refractivity contribution in [3.05, 3.63) is 0 Å². The van der Waals surface area contributed by atoms with Gasteiger partial charge in [-0.15, -0.1) is 0 Å². The molecule has 0 bridgehead atoms. The quantitative estimate of drug-likeness (QED) is 0.201. The van der Waals surface area contributed by atoms with Gasteiger partial charge in [0.1, 0.15) is 36.9 Å². The zero-order chi connectivity index (χ0) is 15.1. The van der Waals surface area contributed by atoms with Crippen molar-refractivity contribution < 1.29 is 28.4 Å². The molecule has 0 heterocycles. The molecule has 20 heavy (non-hydrogen) atoms. The molecule has 0 aliphatic heterocycles. The lowest BCUT2D eigenvalue weighted by molar-refractivity contribution is -0.141. The Kier molecular flexibility index (Phi) is 16.0. The minimum atomic E-state index is -0.305. The number of alkyl halides is 3. The smallest absolute Gasteiger partial charge is 0.147 e. The van der Waals surface area contributed by atoms with Gasteiger partial charge >= 0.3 is 0 Å². The lowest BCUT2D eigenvalue weighted by Gasteiger charge is -2.28. The van der Waals surface area contributed by atoms with Crippen LogP contribution in [-0.2, 0) is 28.4 Å². The van der Waals surface area contributed by atoms with Crippen LogP contribution in [0.1, 0.15) is 6.92 Å². The Bertz CT molecular complexity index is 179. The van der Waals surface area contributed by atoms with Gasteiger partial charge < -0.3 is 28.4 Å². The zero-order valence-electron chi connectivity index (χ0n) is 11.4. The Morgan fingerprint density at radius 3 is 1.15 bits per heavy atom. The van der Waals surface area contributed by atoms with E-state index in [-0.39, 0.29) is 25.8 Å². The molecule has 0 unspecified atom stereocenters. The maximum Gasteiger partial charge on any atom is 0.147 e. The van der Waals surface area contributed by atoms with Crippen LogP contribution in [0.25, 0.3) is 0 Å². The molecule has 0 atom stereocenters. The molecule has 0 aromatic heterocycles. The largest absolute Gasteiger partial charge is 0.355 e. The molecule has 0 amide bonds. The molecule has 0 radical (unpaired) electrons. The van der Waals surface area contributed by atoms with Crippen LogP contribution in [0.5, 0.6) is 0 Å². The molecule has 122 valence electrons. The van der Waals surface area contributed by atoms with Gasteiger partial charge in [-0.2, -0.15) is 0 Å². The van der Waals surface area contributed by atoms with E-state index in [1.807, 2.05) is 6.92 Å². The van der Waals surface area contributed by atoms with Crippen molar-refractivity contribution in [2.45, 2.75) is 6.92 Å². The van der Waals surface area contributed by atoms with Crippen molar-refractivity contribution in [1.29, 1.82) is 0 Å². The molecule has 0 aromatic rings. The second kappa shape index (κ2) is 15.1. The van der Waals surface area contributed by atoms with Gasteiger partial charge in [0.05, 0.1) is 19.8 Å². The summed E-state index contributed by atoms with van der Waals surface area (Å²) in [5.41, 5.74) is 1.01. The second-order valence-electron chi connectivity index (χ2n) is 4.15. The van der Waals surface area contributed by atoms with E-state index in [1.54, 1.807) is 0 Å². The first-order chi connectivity index (χ1) is 9.68.